The second-order valence-electron chi connectivity index (χ2n) is 12.1. The van der Waals surface area contributed by atoms with Gasteiger partial charge in [0.1, 0.15) is 11.9 Å². The average molecular weight is 466 g/mol. The predicted molar refractivity (Wildman–Crippen MR) is 132 cm³/mol. The summed E-state index contributed by atoms with van der Waals surface area (Å²) in [5.74, 6) is 3.67. The zero-order chi connectivity index (χ0) is 23.4. The van der Waals surface area contributed by atoms with E-state index in [9.17, 15) is 9.59 Å². The topological polar surface area (TPSA) is 61.9 Å². The van der Waals surface area contributed by atoms with Crippen molar-refractivity contribution in [3.8, 4) is 5.75 Å². The number of ether oxygens (including phenoxy) is 1. The lowest BCUT2D eigenvalue weighted by Gasteiger charge is -2.59. The predicted octanol–water partition coefficient (Wildman–Crippen LogP) is 4.83. The van der Waals surface area contributed by atoms with E-state index in [4.69, 9.17) is 4.74 Å². The third-order valence-corrected chi connectivity index (χ3v) is 9.65. The number of hydrogen-bond acceptors (Lipinski definition) is 3. The van der Waals surface area contributed by atoms with Crippen molar-refractivity contribution in [2.75, 3.05) is 24.5 Å². The van der Waals surface area contributed by atoms with Crippen molar-refractivity contribution in [3.63, 3.8) is 0 Å². The van der Waals surface area contributed by atoms with E-state index >= 15 is 0 Å². The summed E-state index contributed by atoms with van der Waals surface area (Å²) in [6, 6.07) is 8.05. The van der Waals surface area contributed by atoms with Crippen LogP contribution in [0.4, 0.5) is 10.5 Å². The maximum absolute atomic E-state index is 13.4. The molecule has 6 nitrogen and oxygen atoms in total. The van der Waals surface area contributed by atoms with Gasteiger partial charge in [-0.1, -0.05) is 12.1 Å². The second-order valence-corrected chi connectivity index (χ2v) is 12.1. The first-order valence-electron chi connectivity index (χ1n) is 13.5. The Morgan fingerprint density at radius 2 is 1.65 bits per heavy atom. The summed E-state index contributed by atoms with van der Waals surface area (Å²) in [5.41, 5.74) is 1.18. The minimum absolute atomic E-state index is 0.0105. The van der Waals surface area contributed by atoms with Gasteiger partial charge in [-0.05, 0) is 101 Å². The Morgan fingerprint density at radius 3 is 2.29 bits per heavy atom. The number of rotatable bonds is 3. The van der Waals surface area contributed by atoms with Crippen molar-refractivity contribution in [3.05, 3.63) is 24.3 Å². The Hall–Kier alpha value is -2.24. The van der Waals surface area contributed by atoms with Gasteiger partial charge < -0.3 is 15.0 Å². The summed E-state index contributed by atoms with van der Waals surface area (Å²) in [7, 11) is 0. The van der Waals surface area contributed by atoms with Crippen LogP contribution in [0.1, 0.15) is 65.2 Å². The number of hydrogen-bond donors (Lipinski definition) is 1. The molecule has 6 heteroatoms. The van der Waals surface area contributed by atoms with E-state index in [1.54, 1.807) is 0 Å². The van der Waals surface area contributed by atoms with E-state index in [0.29, 0.717) is 25.0 Å². The van der Waals surface area contributed by atoms with Crippen molar-refractivity contribution in [2.24, 2.45) is 29.1 Å². The number of anilines is 1. The highest BCUT2D eigenvalue weighted by molar-refractivity contribution is 5.94. The number of amides is 3. The molecule has 2 atom stereocenters. The fraction of sp³-hybridized carbons (Fsp3) is 0.714. The van der Waals surface area contributed by atoms with Crippen LogP contribution < -0.4 is 15.0 Å². The van der Waals surface area contributed by atoms with Crippen molar-refractivity contribution < 1.29 is 14.3 Å². The van der Waals surface area contributed by atoms with Gasteiger partial charge in [-0.15, -0.1) is 0 Å². The number of carbonyl (C=O) groups is 2. The summed E-state index contributed by atoms with van der Waals surface area (Å²) in [5, 5.41) is 3.46. The summed E-state index contributed by atoms with van der Waals surface area (Å²) in [6.45, 7) is 6.09. The number of fused-ring (bicyclic) bond motifs is 1. The molecular formula is C28H39N3O3. The highest BCUT2D eigenvalue weighted by atomic mass is 16.5. The zero-order valence-corrected chi connectivity index (χ0v) is 20.7. The average Bonchev–Trinajstić information content (AvgIpc) is 2.82. The van der Waals surface area contributed by atoms with E-state index in [2.05, 4.69) is 12.2 Å². The molecule has 4 aliphatic carbocycles. The maximum Gasteiger partial charge on any atom is 0.324 e. The van der Waals surface area contributed by atoms with Crippen LogP contribution in [-0.4, -0.2) is 48.6 Å². The minimum atomic E-state index is -0.0340. The Balaban J connectivity index is 1.05. The fourth-order valence-electron chi connectivity index (χ4n) is 8.27. The van der Waals surface area contributed by atoms with Crippen LogP contribution in [0.3, 0.4) is 0 Å². The number of carbonyl (C=O) groups excluding carboxylic acids is 2. The highest BCUT2D eigenvalue weighted by Gasteiger charge is 2.53. The third-order valence-electron chi connectivity index (χ3n) is 9.65. The molecule has 0 radical (unpaired) electrons. The number of piperidine rings is 1. The molecule has 5 fully saturated rings. The molecule has 0 unspecified atom stereocenters. The highest BCUT2D eigenvalue weighted by Crippen LogP contribution is 2.61. The van der Waals surface area contributed by atoms with Crippen LogP contribution in [0.25, 0.3) is 0 Å². The standard InChI is InChI=1S/C28H39N3O3/c1-18-17-31(24-5-3-4-6-25(24)34-18)27(33)30-9-7-23(8-10-30)26(32)29-19(2)28-14-20-11-21(15-28)13-22(12-20)16-28/h3-6,18-23H,7-17H2,1-2H3,(H,29,32)/t18-,19-,20?,21?,22?,28?/m0/s1. The molecule has 0 aromatic heterocycles. The minimum Gasteiger partial charge on any atom is -0.487 e. The quantitative estimate of drug-likeness (QED) is 0.696. The Bertz CT molecular complexity index is 919. The molecular weight excluding hydrogens is 426 g/mol. The number of nitrogens with zero attached hydrogens (tertiary/aromatic N) is 2. The van der Waals surface area contributed by atoms with Gasteiger partial charge in [0.05, 0.1) is 12.2 Å². The lowest BCUT2D eigenvalue weighted by atomic mass is 9.48. The first-order valence-corrected chi connectivity index (χ1v) is 13.5. The maximum atomic E-state index is 13.4. The van der Waals surface area contributed by atoms with Gasteiger partial charge in [0, 0.05) is 25.0 Å². The normalized spacial score (nSPS) is 35.5. The van der Waals surface area contributed by atoms with Crippen LogP contribution in [0, 0.1) is 29.1 Å². The number of para-hydroxylation sites is 2. The fourth-order valence-corrected chi connectivity index (χ4v) is 8.27. The van der Waals surface area contributed by atoms with Crippen molar-refractivity contribution in [1.82, 2.24) is 10.2 Å². The monoisotopic (exact) mass is 465 g/mol. The lowest BCUT2D eigenvalue weighted by molar-refractivity contribution is -0.130. The number of nitrogens with one attached hydrogen (secondary N) is 1. The molecule has 1 aromatic carbocycles. The molecule has 2 heterocycles. The van der Waals surface area contributed by atoms with Crippen molar-refractivity contribution >= 4 is 17.6 Å². The van der Waals surface area contributed by atoms with Gasteiger partial charge >= 0.3 is 6.03 Å². The summed E-state index contributed by atoms with van der Waals surface area (Å²) in [4.78, 5) is 30.4. The van der Waals surface area contributed by atoms with Gasteiger partial charge in [-0.2, -0.15) is 0 Å². The first-order chi connectivity index (χ1) is 16.4. The number of likely N-dealkylation sites (tertiary alicyclic amines) is 1. The number of urea groups is 1. The first kappa shape index (κ1) is 22.2. The van der Waals surface area contributed by atoms with Gasteiger partial charge in [0.2, 0.25) is 5.91 Å². The lowest BCUT2D eigenvalue weighted by Crippen LogP contribution is -2.57. The van der Waals surface area contributed by atoms with Gasteiger partial charge in [0.15, 0.2) is 0 Å². The van der Waals surface area contributed by atoms with E-state index in [-0.39, 0.29) is 30.0 Å². The molecule has 1 N–H and O–H groups in total. The van der Waals surface area contributed by atoms with Crippen molar-refractivity contribution in [2.45, 2.75) is 77.4 Å². The van der Waals surface area contributed by atoms with Gasteiger partial charge in [-0.3, -0.25) is 9.69 Å². The molecule has 4 saturated carbocycles. The molecule has 4 bridgehead atoms. The SMILES string of the molecule is C[C@H](NC(=O)C1CCN(C(=O)N2C[C@H](C)Oc3ccccc32)CC1)C12CC3CC(CC(C3)C1)C2. The van der Waals surface area contributed by atoms with Crippen LogP contribution in [0.15, 0.2) is 24.3 Å². The molecule has 34 heavy (non-hydrogen) atoms. The van der Waals surface area contributed by atoms with E-state index in [0.717, 1.165) is 42.0 Å². The molecule has 6 aliphatic rings. The van der Waals surface area contributed by atoms with E-state index < -0.39 is 0 Å². The summed E-state index contributed by atoms with van der Waals surface area (Å²) in [6.07, 6.45) is 9.68. The molecule has 3 amide bonds. The zero-order valence-electron chi connectivity index (χ0n) is 20.7. The van der Waals surface area contributed by atoms with E-state index in [1.165, 1.54) is 38.5 Å². The molecule has 0 spiro atoms. The molecule has 1 aromatic rings. The second kappa shape index (κ2) is 8.46. The Kier molecular flexibility index (Phi) is 5.53. The third kappa shape index (κ3) is 3.87. The van der Waals surface area contributed by atoms with E-state index in [1.807, 2.05) is 41.0 Å². The largest absolute Gasteiger partial charge is 0.487 e. The van der Waals surface area contributed by atoms with Gasteiger partial charge in [0.25, 0.3) is 0 Å². The molecule has 1 saturated heterocycles. The van der Waals surface area contributed by atoms with Crippen LogP contribution in [0.5, 0.6) is 5.75 Å². The summed E-state index contributed by atoms with van der Waals surface area (Å²) >= 11 is 0. The van der Waals surface area contributed by atoms with Crippen LogP contribution in [0.2, 0.25) is 0 Å². The number of benzene rings is 1. The van der Waals surface area contributed by atoms with Crippen molar-refractivity contribution in [1.29, 1.82) is 0 Å². The molecule has 7 rings (SSSR count). The Labute approximate surface area is 203 Å². The smallest absolute Gasteiger partial charge is 0.324 e. The van der Waals surface area contributed by atoms with Crippen LogP contribution >= 0.6 is 0 Å². The summed E-state index contributed by atoms with van der Waals surface area (Å²) < 4.78 is 5.91. The Morgan fingerprint density at radius 1 is 1.03 bits per heavy atom. The van der Waals surface area contributed by atoms with Gasteiger partial charge in [-0.25, -0.2) is 4.79 Å². The molecule has 2 aliphatic heterocycles. The van der Waals surface area contributed by atoms with Crippen LogP contribution in [-0.2, 0) is 4.79 Å². The molecule has 184 valence electrons.